The van der Waals surface area contributed by atoms with Crippen LogP contribution in [0, 0.1) is 0 Å². The lowest BCUT2D eigenvalue weighted by atomic mass is 10.1. The molecule has 21 heavy (non-hydrogen) atoms. The highest BCUT2D eigenvalue weighted by Gasteiger charge is 2.21. The number of rotatable bonds is 3. The van der Waals surface area contributed by atoms with Crippen LogP contribution >= 0.6 is 0 Å². The Balaban J connectivity index is 1.93. The van der Waals surface area contributed by atoms with Gasteiger partial charge in [-0.1, -0.05) is 0 Å². The van der Waals surface area contributed by atoms with E-state index in [2.05, 4.69) is 15.6 Å². The van der Waals surface area contributed by atoms with E-state index < -0.39 is 0 Å². The first kappa shape index (κ1) is 13.7. The van der Waals surface area contributed by atoms with E-state index >= 15 is 0 Å². The van der Waals surface area contributed by atoms with Crippen molar-refractivity contribution in [2.75, 3.05) is 19.0 Å². The number of carbonyl (C=O) groups excluding carboxylic acids is 1. The molecule has 1 aromatic carbocycles. The van der Waals surface area contributed by atoms with Gasteiger partial charge in [-0.3, -0.25) is 9.78 Å². The summed E-state index contributed by atoms with van der Waals surface area (Å²) in [7, 11) is 1.64. The Morgan fingerprint density at radius 1 is 1.33 bits per heavy atom. The Bertz CT molecular complexity index is 657. The second-order valence-electron chi connectivity index (χ2n) is 5.23. The highest BCUT2D eigenvalue weighted by Crippen LogP contribution is 2.27. The number of nitrogens with one attached hydrogen (secondary N) is 2. The number of anilines is 1. The summed E-state index contributed by atoms with van der Waals surface area (Å²) in [5.74, 6) is 0.851. The van der Waals surface area contributed by atoms with Gasteiger partial charge in [0, 0.05) is 23.8 Å². The minimum absolute atomic E-state index is 0.0698. The van der Waals surface area contributed by atoms with Crippen LogP contribution in [-0.2, 0) is 4.79 Å². The summed E-state index contributed by atoms with van der Waals surface area (Å²) in [6.45, 7) is 0.766. The maximum absolute atomic E-state index is 12.1. The van der Waals surface area contributed by atoms with Crippen molar-refractivity contribution in [3.05, 3.63) is 30.5 Å². The summed E-state index contributed by atoms with van der Waals surface area (Å²) in [6.07, 6.45) is 4.68. The van der Waals surface area contributed by atoms with Gasteiger partial charge < -0.3 is 15.4 Å². The normalized spacial score (nSPS) is 18.9. The van der Waals surface area contributed by atoms with E-state index in [1.165, 1.54) is 0 Å². The number of amides is 1. The van der Waals surface area contributed by atoms with Crippen LogP contribution in [0.2, 0.25) is 0 Å². The smallest absolute Gasteiger partial charge is 0.242 e. The monoisotopic (exact) mass is 285 g/mol. The zero-order valence-corrected chi connectivity index (χ0v) is 12.1. The Morgan fingerprint density at radius 3 is 3.10 bits per heavy atom. The lowest BCUT2D eigenvalue weighted by molar-refractivity contribution is -0.121. The van der Waals surface area contributed by atoms with Crippen molar-refractivity contribution < 1.29 is 9.53 Å². The summed E-state index contributed by atoms with van der Waals surface area (Å²) in [5, 5.41) is 7.27. The number of hydrogen-bond acceptors (Lipinski definition) is 4. The van der Waals surface area contributed by atoms with E-state index in [0.717, 1.165) is 48.1 Å². The zero-order chi connectivity index (χ0) is 14.7. The Hall–Kier alpha value is -2.30. The number of benzene rings is 1. The van der Waals surface area contributed by atoms with E-state index in [4.69, 9.17) is 4.74 Å². The third-order valence-electron chi connectivity index (χ3n) is 3.81. The van der Waals surface area contributed by atoms with E-state index in [1.807, 2.05) is 24.3 Å². The van der Waals surface area contributed by atoms with Crippen LogP contribution < -0.4 is 15.4 Å². The lowest BCUT2D eigenvalue weighted by Crippen LogP contribution is -2.37. The number of methoxy groups -OCH3 is 1. The second kappa shape index (κ2) is 5.99. The quantitative estimate of drug-likeness (QED) is 0.908. The molecule has 1 unspecified atom stereocenters. The number of nitrogens with zero attached hydrogens (tertiary/aromatic N) is 1. The van der Waals surface area contributed by atoms with Crippen molar-refractivity contribution in [3.63, 3.8) is 0 Å². The van der Waals surface area contributed by atoms with E-state index in [9.17, 15) is 4.79 Å². The molecule has 1 saturated heterocycles. The summed E-state index contributed by atoms with van der Waals surface area (Å²) in [6, 6.07) is 7.47. The van der Waals surface area contributed by atoms with Crippen LogP contribution in [0.5, 0.6) is 5.75 Å². The second-order valence-corrected chi connectivity index (χ2v) is 5.23. The zero-order valence-electron chi connectivity index (χ0n) is 12.1. The van der Waals surface area contributed by atoms with E-state index in [0.29, 0.717) is 0 Å². The molecule has 1 aliphatic heterocycles. The maximum atomic E-state index is 12.1. The fraction of sp³-hybridized carbons (Fsp3) is 0.375. The minimum Gasteiger partial charge on any atom is -0.497 e. The number of aromatic nitrogens is 1. The number of hydrogen-bond donors (Lipinski definition) is 2. The van der Waals surface area contributed by atoms with Gasteiger partial charge in [-0.2, -0.15) is 0 Å². The molecule has 2 aromatic rings. The van der Waals surface area contributed by atoms with Crippen LogP contribution in [0.15, 0.2) is 30.5 Å². The predicted molar refractivity (Wildman–Crippen MR) is 82.6 cm³/mol. The average molecular weight is 285 g/mol. The highest BCUT2D eigenvalue weighted by atomic mass is 16.5. The molecule has 110 valence electrons. The minimum atomic E-state index is -0.190. The first-order chi connectivity index (χ1) is 10.3. The van der Waals surface area contributed by atoms with Crippen LogP contribution in [0.25, 0.3) is 10.9 Å². The topological polar surface area (TPSA) is 63.2 Å². The van der Waals surface area contributed by atoms with Crippen LogP contribution in [0.1, 0.15) is 19.3 Å². The standard InChI is InChI=1S/C16H19N3O2/c1-21-11-5-6-13-12(10-11)14(7-9-17-13)19-15-4-2-3-8-18-16(15)20/h5-7,9-10,15H,2-4,8H2,1H3,(H,17,19)(H,18,20). The van der Waals surface area contributed by atoms with Crippen molar-refractivity contribution >= 4 is 22.5 Å². The fourth-order valence-electron chi connectivity index (χ4n) is 2.64. The van der Waals surface area contributed by atoms with Gasteiger partial charge in [0.15, 0.2) is 0 Å². The fourth-order valence-corrected chi connectivity index (χ4v) is 2.64. The van der Waals surface area contributed by atoms with Crippen molar-refractivity contribution in [1.82, 2.24) is 10.3 Å². The molecular weight excluding hydrogens is 266 g/mol. The van der Waals surface area contributed by atoms with Crippen LogP contribution in [-0.4, -0.2) is 30.6 Å². The molecule has 5 heteroatoms. The number of carbonyl (C=O) groups is 1. The van der Waals surface area contributed by atoms with Crippen molar-refractivity contribution in [3.8, 4) is 5.75 Å². The van der Waals surface area contributed by atoms with Gasteiger partial charge in [0.1, 0.15) is 11.8 Å². The van der Waals surface area contributed by atoms with Crippen molar-refractivity contribution in [2.45, 2.75) is 25.3 Å². The average Bonchev–Trinajstić information content (AvgIpc) is 2.72. The van der Waals surface area contributed by atoms with E-state index in [-0.39, 0.29) is 11.9 Å². The van der Waals surface area contributed by atoms with Gasteiger partial charge in [-0.15, -0.1) is 0 Å². The Labute approximate surface area is 123 Å². The van der Waals surface area contributed by atoms with Gasteiger partial charge in [0.05, 0.1) is 12.6 Å². The molecule has 2 heterocycles. The molecule has 1 aliphatic rings. The van der Waals surface area contributed by atoms with Crippen molar-refractivity contribution in [2.24, 2.45) is 0 Å². The number of fused-ring (bicyclic) bond motifs is 1. The number of pyridine rings is 1. The van der Waals surface area contributed by atoms with Gasteiger partial charge in [0.25, 0.3) is 0 Å². The highest BCUT2D eigenvalue weighted by molar-refractivity contribution is 5.94. The summed E-state index contributed by atoms with van der Waals surface area (Å²) in [4.78, 5) is 16.4. The molecule has 0 bridgehead atoms. The predicted octanol–water partition coefficient (Wildman–Crippen LogP) is 2.32. The van der Waals surface area contributed by atoms with Gasteiger partial charge in [-0.05, 0) is 43.5 Å². The van der Waals surface area contributed by atoms with Gasteiger partial charge in [0.2, 0.25) is 5.91 Å². The summed E-state index contributed by atoms with van der Waals surface area (Å²) in [5.41, 5.74) is 1.80. The first-order valence-electron chi connectivity index (χ1n) is 7.25. The maximum Gasteiger partial charge on any atom is 0.242 e. The SMILES string of the molecule is COc1ccc2nccc(NC3CCCCNC3=O)c2c1. The third-order valence-corrected chi connectivity index (χ3v) is 3.81. The molecular formula is C16H19N3O2. The molecule has 1 aromatic heterocycles. The molecule has 3 rings (SSSR count). The lowest BCUT2D eigenvalue weighted by Gasteiger charge is -2.18. The number of ether oxygens (including phenoxy) is 1. The van der Waals surface area contributed by atoms with Crippen LogP contribution in [0.3, 0.4) is 0 Å². The molecule has 1 fully saturated rings. The molecule has 5 nitrogen and oxygen atoms in total. The molecule has 0 saturated carbocycles. The third kappa shape index (κ3) is 2.91. The van der Waals surface area contributed by atoms with Gasteiger partial charge in [-0.25, -0.2) is 0 Å². The largest absolute Gasteiger partial charge is 0.497 e. The molecule has 0 spiro atoms. The molecule has 1 amide bonds. The van der Waals surface area contributed by atoms with Gasteiger partial charge >= 0.3 is 0 Å². The molecule has 2 N–H and O–H groups in total. The van der Waals surface area contributed by atoms with Crippen LogP contribution in [0.4, 0.5) is 5.69 Å². The molecule has 0 aliphatic carbocycles. The molecule has 0 radical (unpaired) electrons. The summed E-state index contributed by atoms with van der Waals surface area (Å²) >= 11 is 0. The molecule has 1 atom stereocenters. The summed E-state index contributed by atoms with van der Waals surface area (Å²) < 4.78 is 5.27. The first-order valence-corrected chi connectivity index (χ1v) is 7.25. The van der Waals surface area contributed by atoms with Crippen molar-refractivity contribution in [1.29, 1.82) is 0 Å². The Kier molecular flexibility index (Phi) is 3.90. The Morgan fingerprint density at radius 2 is 2.24 bits per heavy atom. The van der Waals surface area contributed by atoms with E-state index in [1.54, 1.807) is 13.3 Å².